The van der Waals surface area contributed by atoms with Crippen molar-refractivity contribution in [3.8, 4) is 0 Å². The van der Waals surface area contributed by atoms with Gasteiger partial charge in [0.15, 0.2) is 0 Å². The van der Waals surface area contributed by atoms with Crippen molar-refractivity contribution in [1.29, 1.82) is 0 Å². The average Bonchev–Trinajstić information content (AvgIpc) is 3.09. The number of piperidine rings is 1. The second-order valence-electron chi connectivity index (χ2n) is 5.40. The van der Waals surface area contributed by atoms with Crippen molar-refractivity contribution in [2.24, 2.45) is 5.41 Å². The second kappa shape index (κ2) is 4.29. The first-order chi connectivity index (χ1) is 7.97. The van der Waals surface area contributed by atoms with Crippen LogP contribution in [0.2, 0.25) is 0 Å². The first-order valence-electron chi connectivity index (χ1n) is 6.16. The van der Waals surface area contributed by atoms with Crippen LogP contribution in [0.25, 0.3) is 0 Å². The molecule has 0 aromatic carbocycles. The standard InChI is InChI=1S/C12H20N2O3/c1-13(2)9-4-3-7-14(8-9)10(15)12(5-6-12)11(16)17/h9H,3-8H2,1-2H3,(H,16,17). The van der Waals surface area contributed by atoms with Crippen LogP contribution in [0.3, 0.4) is 0 Å². The van der Waals surface area contributed by atoms with E-state index in [4.69, 9.17) is 5.11 Å². The van der Waals surface area contributed by atoms with Crippen molar-refractivity contribution in [3.05, 3.63) is 0 Å². The van der Waals surface area contributed by atoms with E-state index < -0.39 is 11.4 Å². The minimum Gasteiger partial charge on any atom is -0.480 e. The van der Waals surface area contributed by atoms with Gasteiger partial charge in [-0.3, -0.25) is 9.59 Å². The smallest absolute Gasteiger partial charge is 0.319 e. The van der Waals surface area contributed by atoms with Gasteiger partial charge in [-0.05, 0) is 39.8 Å². The Hall–Kier alpha value is -1.10. The normalized spacial score (nSPS) is 27.0. The van der Waals surface area contributed by atoms with Crippen molar-refractivity contribution in [2.75, 3.05) is 27.2 Å². The van der Waals surface area contributed by atoms with E-state index in [1.54, 1.807) is 4.90 Å². The van der Waals surface area contributed by atoms with Gasteiger partial charge in [0.05, 0.1) is 0 Å². The predicted molar refractivity (Wildman–Crippen MR) is 62.6 cm³/mol. The number of nitrogens with zero attached hydrogens (tertiary/aromatic N) is 2. The molecule has 1 N–H and O–H groups in total. The number of likely N-dealkylation sites (tertiary alicyclic amines) is 1. The van der Waals surface area contributed by atoms with Gasteiger partial charge >= 0.3 is 5.97 Å². The number of hydrogen-bond donors (Lipinski definition) is 1. The molecule has 1 aliphatic heterocycles. The third-order valence-corrected chi connectivity index (χ3v) is 3.98. The number of amides is 1. The van der Waals surface area contributed by atoms with E-state index >= 15 is 0 Å². The molecule has 1 atom stereocenters. The van der Waals surface area contributed by atoms with Crippen molar-refractivity contribution in [3.63, 3.8) is 0 Å². The fourth-order valence-electron chi connectivity index (χ4n) is 2.51. The minimum absolute atomic E-state index is 0.170. The number of likely N-dealkylation sites (N-methyl/N-ethyl adjacent to an activating group) is 1. The first kappa shape index (κ1) is 12.4. The van der Waals surface area contributed by atoms with E-state index in [2.05, 4.69) is 4.90 Å². The number of carboxylic acid groups (broad SMARTS) is 1. The van der Waals surface area contributed by atoms with Crippen molar-refractivity contribution in [1.82, 2.24) is 9.80 Å². The van der Waals surface area contributed by atoms with Gasteiger partial charge < -0.3 is 14.9 Å². The number of rotatable bonds is 3. The summed E-state index contributed by atoms with van der Waals surface area (Å²) in [6, 6.07) is 0.359. The molecule has 0 aromatic heterocycles. The van der Waals surface area contributed by atoms with Gasteiger partial charge in [0.25, 0.3) is 0 Å². The number of carbonyl (C=O) groups excluding carboxylic acids is 1. The number of hydrogen-bond acceptors (Lipinski definition) is 3. The maximum absolute atomic E-state index is 12.2. The minimum atomic E-state index is -1.08. The summed E-state index contributed by atoms with van der Waals surface area (Å²) in [5.41, 5.74) is -1.08. The fourth-order valence-corrected chi connectivity index (χ4v) is 2.51. The maximum Gasteiger partial charge on any atom is 0.319 e. The molecule has 2 rings (SSSR count). The lowest BCUT2D eigenvalue weighted by molar-refractivity contribution is -0.154. The Balaban J connectivity index is 2.03. The van der Waals surface area contributed by atoms with Gasteiger partial charge in [-0.2, -0.15) is 0 Å². The van der Waals surface area contributed by atoms with E-state index in [0.29, 0.717) is 32.0 Å². The summed E-state index contributed by atoms with van der Waals surface area (Å²) in [5.74, 6) is -1.12. The topological polar surface area (TPSA) is 60.9 Å². The highest BCUT2D eigenvalue weighted by Gasteiger charge is 2.58. The first-order valence-corrected chi connectivity index (χ1v) is 6.16. The molecule has 1 aliphatic carbocycles. The summed E-state index contributed by atoms with van der Waals surface area (Å²) in [4.78, 5) is 27.2. The molecule has 96 valence electrons. The van der Waals surface area contributed by atoms with Crippen LogP contribution in [0.15, 0.2) is 0 Å². The number of aliphatic carboxylic acids is 1. The van der Waals surface area contributed by atoms with E-state index in [0.717, 1.165) is 12.8 Å². The third-order valence-electron chi connectivity index (χ3n) is 3.98. The highest BCUT2D eigenvalue weighted by molar-refractivity contribution is 6.04. The number of carboxylic acids is 1. The highest BCUT2D eigenvalue weighted by Crippen LogP contribution is 2.47. The molecule has 0 bridgehead atoms. The lowest BCUT2D eigenvalue weighted by atomic mass is 10.00. The lowest BCUT2D eigenvalue weighted by Gasteiger charge is -2.37. The van der Waals surface area contributed by atoms with Crippen LogP contribution in [0, 0.1) is 5.41 Å². The average molecular weight is 240 g/mol. The van der Waals surface area contributed by atoms with Crippen molar-refractivity contribution < 1.29 is 14.7 Å². The van der Waals surface area contributed by atoms with Gasteiger partial charge in [0, 0.05) is 19.1 Å². The Morgan fingerprint density at radius 1 is 1.35 bits per heavy atom. The zero-order chi connectivity index (χ0) is 12.6. The van der Waals surface area contributed by atoms with Gasteiger partial charge in [0.2, 0.25) is 5.91 Å². The van der Waals surface area contributed by atoms with Crippen molar-refractivity contribution in [2.45, 2.75) is 31.7 Å². The predicted octanol–water partition coefficient (Wildman–Crippen LogP) is 0.404. The molecule has 0 radical (unpaired) electrons. The quantitative estimate of drug-likeness (QED) is 0.726. The van der Waals surface area contributed by atoms with E-state index in [-0.39, 0.29) is 5.91 Å². The van der Waals surface area contributed by atoms with Gasteiger partial charge in [-0.1, -0.05) is 0 Å². The van der Waals surface area contributed by atoms with E-state index in [9.17, 15) is 9.59 Å². The monoisotopic (exact) mass is 240 g/mol. The van der Waals surface area contributed by atoms with Crippen LogP contribution in [0.1, 0.15) is 25.7 Å². The fraction of sp³-hybridized carbons (Fsp3) is 0.833. The van der Waals surface area contributed by atoms with Crippen LogP contribution in [0.4, 0.5) is 0 Å². The molecule has 17 heavy (non-hydrogen) atoms. The summed E-state index contributed by atoms with van der Waals surface area (Å²) < 4.78 is 0. The molecule has 2 fully saturated rings. The summed E-state index contributed by atoms with van der Waals surface area (Å²) in [6.07, 6.45) is 3.05. The van der Waals surface area contributed by atoms with E-state index in [1.807, 2.05) is 14.1 Å². The molecule has 1 amide bonds. The van der Waals surface area contributed by atoms with Crippen LogP contribution in [0.5, 0.6) is 0 Å². The highest BCUT2D eigenvalue weighted by atomic mass is 16.4. The van der Waals surface area contributed by atoms with Crippen molar-refractivity contribution >= 4 is 11.9 Å². The molecule has 1 saturated heterocycles. The van der Waals surface area contributed by atoms with Crippen LogP contribution < -0.4 is 0 Å². The van der Waals surface area contributed by atoms with Gasteiger partial charge in [-0.15, -0.1) is 0 Å². The largest absolute Gasteiger partial charge is 0.480 e. The van der Waals surface area contributed by atoms with E-state index in [1.165, 1.54) is 0 Å². The zero-order valence-corrected chi connectivity index (χ0v) is 10.5. The molecule has 1 unspecified atom stereocenters. The molecule has 1 saturated carbocycles. The van der Waals surface area contributed by atoms with Gasteiger partial charge in [0.1, 0.15) is 5.41 Å². The molecule has 5 nitrogen and oxygen atoms in total. The molecular formula is C12H20N2O3. The Kier molecular flexibility index (Phi) is 3.12. The number of carbonyl (C=O) groups is 2. The zero-order valence-electron chi connectivity index (χ0n) is 10.5. The molecule has 0 spiro atoms. The Bertz CT molecular complexity index is 337. The molecule has 5 heteroatoms. The van der Waals surface area contributed by atoms with Crippen LogP contribution >= 0.6 is 0 Å². The van der Waals surface area contributed by atoms with Crippen LogP contribution in [-0.4, -0.2) is 60.0 Å². The summed E-state index contributed by atoms with van der Waals surface area (Å²) in [5, 5.41) is 9.12. The molecule has 2 aliphatic rings. The molecular weight excluding hydrogens is 220 g/mol. The Morgan fingerprint density at radius 3 is 2.47 bits per heavy atom. The second-order valence-corrected chi connectivity index (χ2v) is 5.40. The molecule has 0 aromatic rings. The third kappa shape index (κ3) is 2.16. The summed E-state index contributed by atoms with van der Waals surface area (Å²) >= 11 is 0. The lowest BCUT2D eigenvalue weighted by Crippen LogP contribution is -2.50. The summed E-state index contributed by atoms with van der Waals surface area (Å²) in [6.45, 7) is 1.37. The van der Waals surface area contributed by atoms with Crippen LogP contribution in [-0.2, 0) is 9.59 Å². The maximum atomic E-state index is 12.2. The Morgan fingerprint density at radius 2 is 2.00 bits per heavy atom. The van der Waals surface area contributed by atoms with Gasteiger partial charge in [-0.25, -0.2) is 0 Å². The summed E-state index contributed by atoms with van der Waals surface area (Å²) in [7, 11) is 4.01. The Labute approximate surface area is 101 Å². The SMILES string of the molecule is CN(C)C1CCCN(C(=O)C2(C(=O)O)CC2)C1. The molecule has 1 heterocycles.